The standard InChI is InChI=1S/C27H26F3N3O3/c1-19-24(36-26(32-19)12-7-20-3-8-22(9-4-20)27(28,29)30)17-21-5-10-23(11-6-21)35-16-2-14-33-15-13-31-25(33)18-34/h3-13,15,34H,2,14,16-18H2,1H3/b12-7+. The van der Waals surface area contributed by atoms with Crippen molar-refractivity contribution in [2.75, 3.05) is 6.61 Å². The van der Waals surface area contributed by atoms with Crippen LogP contribution in [-0.4, -0.2) is 26.2 Å². The summed E-state index contributed by atoms with van der Waals surface area (Å²) in [6, 6.07) is 12.7. The van der Waals surface area contributed by atoms with Gasteiger partial charge in [-0.15, -0.1) is 0 Å². The smallest absolute Gasteiger partial charge is 0.416 e. The number of ether oxygens (including phenoxy) is 1. The Bertz CT molecular complexity index is 1290. The topological polar surface area (TPSA) is 73.3 Å². The van der Waals surface area contributed by atoms with Gasteiger partial charge in [0, 0.05) is 31.4 Å². The lowest BCUT2D eigenvalue weighted by atomic mass is 10.1. The van der Waals surface area contributed by atoms with Gasteiger partial charge >= 0.3 is 6.18 Å². The number of oxazole rings is 1. The summed E-state index contributed by atoms with van der Waals surface area (Å²) in [6.07, 6.45) is 3.79. The Morgan fingerprint density at radius 3 is 2.50 bits per heavy atom. The molecule has 1 N–H and O–H groups in total. The number of imidazole rings is 1. The summed E-state index contributed by atoms with van der Waals surface area (Å²) in [5.41, 5.74) is 1.72. The molecule has 4 rings (SSSR count). The number of aliphatic hydroxyl groups is 1. The predicted molar refractivity (Wildman–Crippen MR) is 129 cm³/mol. The molecule has 0 amide bonds. The first-order chi connectivity index (χ1) is 17.3. The van der Waals surface area contributed by atoms with Crippen LogP contribution in [0.2, 0.25) is 0 Å². The molecule has 0 radical (unpaired) electrons. The van der Waals surface area contributed by atoms with Gasteiger partial charge in [0.25, 0.3) is 0 Å². The SMILES string of the molecule is Cc1nc(/C=C/c2ccc(C(F)(F)F)cc2)oc1Cc1ccc(OCCCn2ccnc2CO)cc1. The highest BCUT2D eigenvalue weighted by atomic mass is 19.4. The average Bonchev–Trinajstić information content (AvgIpc) is 3.47. The molecule has 6 nitrogen and oxygen atoms in total. The summed E-state index contributed by atoms with van der Waals surface area (Å²) >= 11 is 0. The van der Waals surface area contributed by atoms with Crippen LogP contribution < -0.4 is 4.74 Å². The van der Waals surface area contributed by atoms with E-state index in [1.807, 2.05) is 42.0 Å². The molecule has 0 aliphatic heterocycles. The van der Waals surface area contributed by atoms with E-state index in [0.717, 1.165) is 41.3 Å². The summed E-state index contributed by atoms with van der Waals surface area (Å²) in [6.45, 7) is 3.03. The quantitative estimate of drug-likeness (QED) is 0.275. The van der Waals surface area contributed by atoms with Crippen LogP contribution >= 0.6 is 0 Å². The van der Waals surface area contributed by atoms with Gasteiger partial charge in [-0.1, -0.05) is 24.3 Å². The Kier molecular flexibility index (Phi) is 7.90. The van der Waals surface area contributed by atoms with Crippen LogP contribution in [0, 0.1) is 6.92 Å². The Balaban J connectivity index is 1.29. The highest BCUT2D eigenvalue weighted by Gasteiger charge is 2.29. The average molecular weight is 498 g/mol. The third kappa shape index (κ3) is 6.63. The molecule has 0 saturated heterocycles. The molecule has 0 bridgehead atoms. The molecule has 0 fully saturated rings. The molecule has 0 aliphatic carbocycles. The molecule has 2 aromatic carbocycles. The van der Waals surface area contributed by atoms with Gasteiger partial charge in [0.05, 0.1) is 17.9 Å². The molecule has 0 spiro atoms. The second kappa shape index (κ2) is 11.3. The first-order valence-corrected chi connectivity index (χ1v) is 11.5. The van der Waals surface area contributed by atoms with E-state index in [0.29, 0.717) is 36.9 Å². The minimum absolute atomic E-state index is 0.0864. The zero-order valence-corrected chi connectivity index (χ0v) is 19.7. The third-order valence-corrected chi connectivity index (χ3v) is 5.61. The first-order valence-electron chi connectivity index (χ1n) is 11.5. The van der Waals surface area contributed by atoms with Crippen molar-refractivity contribution >= 4 is 12.2 Å². The fourth-order valence-corrected chi connectivity index (χ4v) is 3.65. The number of hydrogen-bond acceptors (Lipinski definition) is 5. The molecule has 9 heteroatoms. The van der Waals surface area contributed by atoms with E-state index in [2.05, 4.69) is 9.97 Å². The number of rotatable bonds is 10. The van der Waals surface area contributed by atoms with E-state index < -0.39 is 11.7 Å². The monoisotopic (exact) mass is 497 g/mol. The number of aliphatic hydroxyl groups excluding tert-OH is 1. The Labute approximate surface area is 206 Å². The maximum atomic E-state index is 12.7. The Hall–Kier alpha value is -3.85. The minimum Gasteiger partial charge on any atom is -0.494 e. The lowest BCUT2D eigenvalue weighted by molar-refractivity contribution is -0.137. The number of benzene rings is 2. The zero-order valence-electron chi connectivity index (χ0n) is 19.7. The summed E-state index contributed by atoms with van der Waals surface area (Å²) in [5, 5.41) is 9.24. The van der Waals surface area contributed by atoms with Crippen molar-refractivity contribution < 1.29 is 27.4 Å². The zero-order chi connectivity index (χ0) is 25.5. The van der Waals surface area contributed by atoms with Crippen molar-refractivity contribution in [1.29, 1.82) is 0 Å². The molecule has 0 atom stereocenters. The van der Waals surface area contributed by atoms with Crippen molar-refractivity contribution in [3.63, 3.8) is 0 Å². The van der Waals surface area contributed by atoms with E-state index in [4.69, 9.17) is 9.15 Å². The fourth-order valence-electron chi connectivity index (χ4n) is 3.65. The molecular formula is C27H26F3N3O3. The number of aryl methyl sites for hydroxylation is 2. The van der Waals surface area contributed by atoms with Crippen molar-refractivity contribution in [3.8, 4) is 5.75 Å². The summed E-state index contributed by atoms with van der Waals surface area (Å²) in [5.74, 6) is 2.52. The molecule has 36 heavy (non-hydrogen) atoms. The van der Waals surface area contributed by atoms with Gasteiger partial charge in [-0.2, -0.15) is 13.2 Å². The van der Waals surface area contributed by atoms with Crippen molar-refractivity contribution in [2.45, 2.75) is 39.1 Å². The van der Waals surface area contributed by atoms with E-state index >= 15 is 0 Å². The molecule has 0 saturated carbocycles. The van der Waals surface area contributed by atoms with Crippen LogP contribution in [0.3, 0.4) is 0 Å². The normalized spacial score (nSPS) is 11.9. The van der Waals surface area contributed by atoms with Gasteiger partial charge in [0.1, 0.15) is 23.9 Å². The lowest BCUT2D eigenvalue weighted by Gasteiger charge is -2.09. The first kappa shape index (κ1) is 25.2. The summed E-state index contributed by atoms with van der Waals surface area (Å²) < 4.78 is 51.7. The van der Waals surface area contributed by atoms with Gasteiger partial charge in [-0.05, 0) is 54.8 Å². The molecule has 4 aromatic rings. The number of hydrogen-bond donors (Lipinski definition) is 1. The maximum Gasteiger partial charge on any atom is 0.416 e. The highest BCUT2D eigenvalue weighted by molar-refractivity contribution is 5.66. The fraction of sp³-hybridized carbons (Fsp3) is 0.259. The van der Waals surface area contributed by atoms with Crippen molar-refractivity contribution in [3.05, 3.63) is 101 Å². The molecular weight excluding hydrogens is 471 g/mol. The van der Waals surface area contributed by atoms with Crippen molar-refractivity contribution in [1.82, 2.24) is 14.5 Å². The number of aromatic nitrogens is 3. The van der Waals surface area contributed by atoms with Gasteiger partial charge in [-0.3, -0.25) is 0 Å². The summed E-state index contributed by atoms with van der Waals surface area (Å²) in [7, 11) is 0. The maximum absolute atomic E-state index is 12.7. The Morgan fingerprint density at radius 1 is 1.06 bits per heavy atom. The van der Waals surface area contributed by atoms with E-state index in [1.54, 1.807) is 18.3 Å². The van der Waals surface area contributed by atoms with Crippen molar-refractivity contribution in [2.24, 2.45) is 0 Å². The Morgan fingerprint density at radius 2 is 1.81 bits per heavy atom. The number of halogens is 3. The number of nitrogens with zero attached hydrogens (tertiary/aromatic N) is 3. The van der Waals surface area contributed by atoms with E-state index in [1.165, 1.54) is 12.1 Å². The second-order valence-corrected chi connectivity index (χ2v) is 8.23. The van der Waals surface area contributed by atoms with Gasteiger partial charge in [0.2, 0.25) is 5.89 Å². The van der Waals surface area contributed by atoms with E-state index in [-0.39, 0.29) is 6.61 Å². The molecule has 188 valence electrons. The molecule has 0 aliphatic rings. The van der Waals surface area contributed by atoms with Gasteiger partial charge in [0.15, 0.2) is 0 Å². The van der Waals surface area contributed by atoms with Crippen LogP contribution in [0.15, 0.2) is 65.3 Å². The lowest BCUT2D eigenvalue weighted by Crippen LogP contribution is -2.07. The van der Waals surface area contributed by atoms with Crippen LogP contribution in [0.25, 0.3) is 12.2 Å². The molecule has 2 aromatic heterocycles. The van der Waals surface area contributed by atoms with Crippen LogP contribution in [0.1, 0.15) is 46.3 Å². The summed E-state index contributed by atoms with van der Waals surface area (Å²) in [4.78, 5) is 8.48. The molecule has 0 unspecified atom stereocenters. The second-order valence-electron chi connectivity index (χ2n) is 8.23. The van der Waals surface area contributed by atoms with Gasteiger partial charge < -0.3 is 18.8 Å². The van der Waals surface area contributed by atoms with Gasteiger partial charge in [-0.25, -0.2) is 9.97 Å². The van der Waals surface area contributed by atoms with Crippen LogP contribution in [0.5, 0.6) is 5.75 Å². The van der Waals surface area contributed by atoms with Crippen LogP contribution in [0.4, 0.5) is 13.2 Å². The minimum atomic E-state index is -4.35. The largest absolute Gasteiger partial charge is 0.494 e. The predicted octanol–water partition coefficient (Wildman–Crippen LogP) is 5.92. The third-order valence-electron chi connectivity index (χ3n) is 5.61. The molecule has 2 heterocycles. The highest BCUT2D eigenvalue weighted by Crippen LogP contribution is 2.29. The van der Waals surface area contributed by atoms with E-state index in [9.17, 15) is 18.3 Å². The number of alkyl halides is 3. The van der Waals surface area contributed by atoms with Crippen LogP contribution in [-0.2, 0) is 25.7 Å².